The second kappa shape index (κ2) is 11.5. The van der Waals surface area contributed by atoms with Gasteiger partial charge in [0.1, 0.15) is 12.4 Å². The average molecular weight is 469 g/mol. The standard InChI is InChI=1S/C24H28N4O4S/c1-5-28-21(14-32-18-12-10-17(11-13-18)16(2)3)26-27-24(28)33-15-22(29)25-20-9-7-6-8-19(20)23(30)31-4/h6-13,16H,5,14-15H2,1-4H3,(H,25,29). The van der Waals surface area contributed by atoms with Crippen LogP contribution in [-0.2, 0) is 22.7 Å². The third-order valence-electron chi connectivity index (χ3n) is 4.96. The molecule has 0 saturated carbocycles. The summed E-state index contributed by atoms with van der Waals surface area (Å²) in [6.45, 7) is 7.21. The molecule has 9 heteroatoms. The molecule has 1 N–H and O–H groups in total. The summed E-state index contributed by atoms with van der Waals surface area (Å²) >= 11 is 1.27. The van der Waals surface area contributed by atoms with Crippen LogP contribution in [0.15, 0.2) is 53.7 Å². The van der Waals surface area contributed by atoms with Crippen LogP contribution in [0.25, 0.3) is 0 Å². The average Bonchev–Trinajstić information content (AvgIpc) is 3.23. The molecule has 0 atom stereocenters. The molecule has 3 rings (SSSR count). The number of hydrogen-bond acceptors (Lipinski definition) is 7. The van der Waals surface area contributed by atoms with Gasteiger partial charge < -0.3 is 19.4 Å². The van der Waals surface area contributed by atoms with E-state index in [-0.39, 0.29) is 18.3 Å². The summed E-state index contributed by atoms with van der Waals surface area (Å²) in [4.78, 5) is 24.4. The Morgan fingerprint density at radius 1 is 1.09 bits per heavy atom. The van der Waals surface area contributed by atoms with Gasteiger partial charge in [-0.2, -0.15) is 0 Å². The van der Waals surface area contributed by atoms with Crippen molar-refractivity contribution in [2.45, 2.75) is 45.0 Å². The fraction of sp³-hybridized carbons (Fsp3) is 0.333. The minimum Gasteiger partial charge on any atom is -0.486 e. The summed E-state index contributed by atoms with van der Waals surface area (Å²) in [5.74, 6) is 1.27. The molecule has 0 bridgehead atoms. The maximum absolute atomic E-state index is 12.5. The number of methoxy groups -OCH3 is 1. The van der Waals surface area contributed by atoms with Gasteiger partial charge in [-0.3, -0.25) is 4.79 Å². The summed E-state index contributed by atoms with van der Waals surface area (Å²) in [6, 6.07) is 14.7. The van der Waals surface area contributed by atoms with E-state index in [0.29, 0.717) is 34.7 Å². The van der Waals surface area contributed by atoms with E-state index in [2.05, 4.69) is 41.5 Å². The van der Waals surface area contributed by atoms with Gasteiger partial charge in [-0.05, 0) is 42.7 Å². The number of rotatable bonds is 10. The molecule has 0 fully saturated rings. The third-order valence-corrected chi connectivity index (χ3v) is 5.93. The number of carbonyl (C=O) groups excluding carboxylic acids is 2. The van der Waals surface area contributed by atoms with Crippen LogP contribution in [0.5, 0.6) is 5.75 Å². The van der Waals surface area contributed by atoms with Crippen molar-refractivity contribution in [3.8, 4) is 5.75 Å². The van der Waals surface area contributed by atoms with E-state index in [4.69, 9.17) is 9.47 Å². The number of hydrogen-bond donors (Lipinski definition) is 1. The van der Waals surface area contributed by atoms with Crippen LogP contribution in [0, 0.1) is 0 Å². The summed E-state index contributed by atoms with van der Waals surface area (Å²) in [6.07, 6.45) is 0. The first-order valence-corrected chi connectivity index (χ1v) is 11.7. The van der Waals surface area contributed by atoms with Crippen LogP contribution in [0.3, 0.4) is 0 Å². The van der Waals surface area contributed by atoms with Crippen LogP contribution in [0.1, 0.15) is 48.4 Å². The number of amides is 1. The molecule has 0 aliphatic carbocycles. The highest BCUT2D eigenvalue weighted by atomic mass is 32.2. The first-order valence-electron chi connectivity index (χ1n) is 10.7. The van der Waals surface area contributed by atoms with Gasteiger partial charge in [-0.15, -0.1) is 10.2 Å². The lowest BCUT2D eigenvalue weighted by Gasteiger charge is -2.11. The zero-order chi connectivity index (χ0) is 23.8. The number of benzene rings is 2. The lowest BCUT2D eigenvalue weighted by Crippen LogP contribution is -2.17. The van der Waals surface area contributed by atoms with E-state index < -0.39 is 5.97 Å². The lowest BCUT2D eigenvalue weighted by molar-refractivity contribution is -0.113. The maximum atomic E-state index is 12.5. The molecule has 1 aromatic heterocycles. The second-order valence-electron chi connectivity index (χ2n) is 7.53. The number of esters is 1. The lowest BCUT2D eigenvalue weighted by atomic mass is 10.0. The van der Waals surface area contributed by atoms with Crippen molar-refractivity contribution in [2.24, 2.45) is 0 Å². The minimum atomic E-state index is -0.507. The van der Waals surface area contributed by atoms with Gasteiger partial charge >= 0.3 is 5.97 Å². The van der Waals surface area contributed by atoms with Crippen LogP contribution in [-0.4, -0.2) is 39.5 Å². The van der Waals surface area contributed by atoms with Gasteiger partial charge in [-0.1, -0.05) is 49.9 Å². The molecular formula is C24H28N4O4S. The van der Waals surface area contributed by atoms with Gasteiger partial charge in [-0.25, -0.2) is 4.79 Å². The Morgan fingerprint density at radius 3 is 2.48 bits per heavy atom. The van der Waals surface area contributed by atoms with Crippen molar-refractivity contribution < 1.29 is 19.1 Å². The number of carbonyl (C=O) groups is 2. The molecule has 174 valence electrons. The number of nitrogens with one attached hydrogen (secondary N) is 1. The number of thioether (sulfide) groups is 1. The molecule has 0 aliphatic rings. The number of para-hydroxylation sites is 1. The van der Waals surface area contributed by atoms with Gasteiger partial charge in [0.05, 0.1) is 24.1 Å². The van der Waals surface area contributed by atoms with Crippen LogP contribution < -0.4 is 10.1 Å². The Kier molecular flexibility index (Phi) is 8.48. The number of anilines is 1. The molecule has 0 aliphatic heterocycles. The quantitative estimate of drug-likeness (QED) is 0.345. The van der Waals surface area contributed by atoms with Crippen molar-refractivity contribution in [1.29, 1.82) is 0 Å². The Balaban J connectivity index is 1.59. The molecule has 0 saturated heterocycles. The van der Waals surface area contributed by atoms with E-state index in [9.17, 15) is 9.59 Å². The highest BCUT2D eigenvalue weighted by Crippen LogP contribution is 2.22. The van der Waals surface area contributed by atoms with Crippen molar-refractivity contribution >= 4 is 29.3 Å². The normalized spacial score (nSPS) is 10.8. The monoisotopic (exact) mass is 468 g/mol. The fourth-order valence-electron chi connectivity index (χ4n) is 3.14. The van der Waals surface area contributed by atoms with Crippen molar-refractivity contribution in [2.75, 3.05) is 18.2 Å². The van der Waals surface area contributed by atoms with Crippen LogP contribution in [0.2, 0.25) is 0 Å². The summed E-state index contributed by atoms with van der Waals surface area (Å²) in [7, 11) is 1.30. The van der Waals surface area contributed by atoms with Gasteiger partial charge in [0.25, 0.3) is 0 Å². The molecule has 0 spiro atoms. The highest BCUT2D eigenvalue weighted by molar-refractivity contribution is 7.99. The van der Waals surface area contributed by atoms with Crippen molar-refractivity contribution in [3.05, 3.63) is 65.5 Å². The first kappa shape index (κ1) is 24.3. The molecule has 8 nitrogen and oxygen atoms in total. The van der Waals surface area contributed by atoms with E-state index in [1.807, 2.05) is 23.6 Å². The molecule has 0 radical (unpaired) electrons. The van der Waals surface area contributed by atoms with Crippen LogP contribution >= 0.6 is 11.8 Å². The van der Waals surface area contributed by atoms with Gasteiger partial charge in [0.2, 0.25) is 5.91 Å². The SMILES string of the molecule is CCn1c(COc2ccc(C(C)C)cc2)nnc1SCC(=O)Nc1ccccc1C(=O)OC. The molecule has 1 heterocycles. The second-order valence-corrected chi connectivity index (χ2v) is 8.47. The van der Waals surface area contributed by atoms with Gasteiger partial charge in [0, 0.05) is 6.54 Å². The number of nitrogens with zero attached hydrogens (tertiary/aromatic N) is 3. The predicted molar refractivity (Wildman–Crippen MR) is 128 cm³/mol. The smallest absolute Gasteiger partial charge is 0.339 e. The van der Waals surface area contributed by atoms with E-state index in [1.54, 1.807) is 24.3 Å². The molecule has 0 unspecified atom stereocenters. The Labute approximate surface area is 197 Å². The Bertz CT molecular complexity index is 1100. The van der Waals surface area contributed by atoms with E-state index >= 15 is 0 Å². The maximum Gasteiger partial charge on any atom is 0.339 e. The van der Waals surface area contributed by atoms with Crippen LogP contribution in [0.4, 0.5) is 5.69 Å². The highest BCUT2D eigenvalue weighted by Gasteiger charge is 2.16. The Morgan fingerprint density at radius 2 is 1.82 bits per heavy atom. The molecule has 2 aromatic carbocycles. The predicted octanol–water partition coefficient (Wildman–Crippen LogP) is 4.52. The molecule has 1 amide bonds. The minimum absolute atomic E-state index is 0.116. The number of aromatic nitrogens is 3. The fourth-order valence-corrected chi connectivity index (χ4v) is 3.96. The molecular weight excluding hydrogens is 440 g/mol. The summed E-state index contributed by atoms with van der Waals surface area (Å²) in [5, 5.41) is 11.8. The van der Waals surface area contributed by atoms with E-state index in [0.717, 1.165) is 5.75 Å². The summed E-state index contributed by atoms with van der Waals surface area (Å²) < 4.78 is 12.6. The molecule has 33 heavy (non-hydrogen) atoms. The number of ether oxygens (including phenoxy) is 2. The zero-order valence-electron chi connectivity index (χ0n) is 19.2. The largest absolute Gasteiger partial charge is 0.486 e. The van der Waals surface area contributed by atoms with Crippen molar-refractivity contribution in [3.63, 3.8) is 0 Å². The summed E-state index contributed by atoms with van der Waals surface area (Å²) in [5.41, 5.74) is 1.96. The zero-order valence-corrected chi connectivity index (χ0v) is 20.0. The van der Waals surface area contributed by atoms with E-state index in [1.165, 1.54) is 24.4 Å². The molecule has 3 aromatic rings. The Hall–Kier alpha value is -3.33. The topological polar surface area (TPSA) is 95.3 Å². The van der Waals surface area contributed by atoms with Gasteiger partial charge in [0.15, 0.2) is 11.0 Å². The third kappa shape index (κ3) is 6.35. The first-order chi connectivity index (χ1) is 15.9. The van der Waals surface area contributed by atoms with Crippen molar-refractivity contribution in [1.82, 2.24) is 14.8 Å².